The average Bonchev–Trinajstić information content (AvgIpc) is 3.07. The lowest BCUT2D eigenvalue weighted by Gasteiger charge is -2.44. The Morgan fingerprint density at radius 1 is 1.08 bits per heavy atom. The second kappa shape index (κ2) is 7.85. The number of aliphatic hydroxyl groups is 1. The molecule has 0 unspecified atom stereocenters. The van der Waals surface area contributed by atoms with Crippen molar-refractivity contribution in [2.24, 2.45) is 0 Å². The van der Waals surface area contributed by atoms with Crippen LogP contribution in [0, 0.1) is 13.8 Å². The zero-order valence-electron chi connectivity index (χ0n) is 15.2. The first-order chi connectivity index (χ1) is 11.6. The number of nitrogens with zero attached hydrogens (tertiary/aromatic N) is 2. The molecule has 1 aliphatic carbocycles. The summed E-state index contributed by atoms with van der Waals surface area (Å²) in [6.07, 6.45) is 6.27. The second-order valence-corrected chi connectivity index (χ2v) is 7.66. The van der Waals surface area contributed by atoms with Gasteiger partial charge in [0.05, 0.1) is 0 Å². The maximum atomic E-state index is 9.96. The Hall–Kier alpha value is -1.10. The molecule has 0 spiro atoms. The van der Waals surface area contributed by atoms with Crippen molar-refractivity contribution in [3.8, 4) is 5.75 Å². The molecule has 2 fully saturated rings. The van der Waals surface area contributed by atoms with E-state index in [-0.39, 0.29) is 6.61 Å². The Bertz CT molecular complexity index is 532. The number of piperazine rings is 1. The molecule has 0 aromatic heterocycles. The maximum absolute atomic E-state index is 9.96. The van der Waals surface area contributed by atoms with E-state index in [0.29, 0.717) is 11.8 Å². The van der Waals surface area contributed by atoms with Crippen LogP contribution < -0.4 is 0 Å². The van der Waals surface area contributed by atoms with E-state index < -0.39 is 0 Å². The third kappa shape index (κ3) is 3.93. The fourth-order valence-electron chi connectivity index (χ4n) is 4.60. The highest BCUT2D eigenvalue weighted by Gasteiger charge is 2.32. The number of hydrogen-bond acceptors (Lipinski definition) is 4. The quantitative estimate of drug-likeness (QED) is 0.870. The lowest BCUT2D eigenvalue weighted by atomic mass is 10.0. The van der Waals surface area contributed by atoms with Crippen LogP contribution in [0.15, 0.2) is 12.1 Å². The van der Waals surface area contributed by atoms with Gasteiger partial charge in [-0.3, -0.25) is 9.80 Å². The number of phenols is 1. The van der Waals surface area contributed by atoms with Crippen molar-refractivity contribution in [1.29, 1.82) is 0 Å². The molecule has 2 aliphatic rings. The number of aromatic hydroxyl groups is 1. The number of aliphatic hydroxyl groups excluding tert-OH is 1. The fraction of sp³-hybridized carbons (Fsp3) is 0.700. The smallest absolute Gasteiger partial charge is 0.121 e. The van der Waals surface area contributed by atoms with E-state index in [1.54, 1.807) is 0 Å². The molecule has 0 bridgehead atoms. The van der Waals surface area contributed by atoms with Crippen molar-refractivity contribution in [2.45, 2.75) is 64.6 Å². The summed E-state index contributed by atoms with van der Waals surface area (Å²) in [5, 5.41) is 19.4. The van der Waals surface area contributed by atoms with Gasteiger partial charge in [0.2, 0.25) is 0 Å². The summed E-state index contributed by atoms with van der Waals surface area (Å²) in [4.78, 5) is 5.18. The average molecular weight is 332 g/mol. The van der Waals surface area contributed by atoms with Gasteiger partial charge in [-0.15, -0.1) is 0 Å². The van der Waals surface area contributed by atoms with E-state index in [1.807, 2.05) is 13.8 Å². The van der Waals surface area contributed by atoms with Gasteiger partial charge in [0.25, 0.3) is 0 Å². The van der Waals surface area contributed by atoms with Gasteiger partial charge in [0, 0.05) is 44.9 Å². The number of hydrogen-bond donors (Lipinski definition) is 2. The van der Waals surface area contributed by atoms with Crippen LogP contribution in [0.5, 0.6) is 5.75 Å². The Balaban J connectivity index is 1.65. The highest BCUT2D eigenvalue weighted by atomic mass is 16.3. The van der Waals surface area contributed by atoms with Gasteiger partial charge in [-0.25, -0.2) is 0 Å². The summed E-state index contributed by atoms with van der Waals surface area (Å²) in [6, 6.07) is 5.42. The van der Waals surface area contributed by atoms with Crippen LogP contribution in [0.25, 0.3) is 0 Å². The fourth-order valence-corrected chi connectivity index (χ4v) is 4.60. The van der Waals surface area contributed by atoms with Gasteiger partial charge in [-0.1, -0.05) is 25.0 Å². The highest BCUT2D eigenvalue weighted by Crippen LogP contribution is 2.29. The Morgan fingerprint density at radius 3 is 2.38 bits per heavy atom. The molecular weight excluding hydrogens is 300 g/mol. The van der Waals surface area contributed by atoms with Gasteiger partial charge in [-0.05, 0) is 49.8 Å². The van der Waals surface area contributed by atoms with Gasteiger partial charge in [0.1, 0.15) is 5.75 Å². The molecule has 4 heteroatoms. The van der Waals surface area contributed by atoms with E-state index in [2.05, 4.69) is 21.9 Å². The first-order valence-electron chi connectivity index (χ1n) is 9.46. The van der Waals surface area contributed by atoms with Crippen LogP contribution in [0.2, 0.25) is 0 Å². The van der Waals surface area contributed by atoms with Gasteiger partial charge >= 0.3 is 0 Å². The molecule has 1 aromatic carbocycles. The minimum atomic E-state index is 0.277. The number of rotatable bonds is 5. The minimum absolute atomic E-state index is 0.277. The lowest BCUT2D eigenvalue weighted by molar-refractivity contribution is 0.0267. The molecule has 4 nitrogen and oxygen atoms in total. The summed E-state index contributed by atoms with van der Waals surface area (Å²) >= 11 is 0. The monoisotopic (exact) mass is 332 g/mol. The van der Waals surface area contributed by atoms with Crippen LogP contribution in [-0.4, -0.2) is 58.3 Å². The predicted molar refractivity (Wildman–Crippen MR) is 97.3 cm³/mol. The molecule has 2 N–H and O–H groups in total. The van der Waals surface area contributed by atoms with Crippen molar-refractivity contribution < 1.29 is 10.2 Å². The van der Waals surface area contributed by atoms with Crippen molar-refractivity contribution in [3.05, 3.63) is 28.8 Å². The van der Waals surface area contributed by atoms with Crippen molar-refractivity contribution in [2.75, 3.05) is 26.2 Å². The predicted octanol–water partition coefficient (Wildman–Crippen LogP) is 2.82. The minimum Gasteiger partial charge on any atom is -0.507 e. The van der Waals surface area contributed by atoms with Gasteiger partial charge in [-0.2, -0.15) is 0 Å². The Labute approximate surface area is 146 Å². The molecule has 1 atom stereocenters. The zero-order valence-corrected chi connectivity index (χ0v) is 15.2. The molecule has 0 radical (unpaired) electrons. The number of aryl methyl sites for hydroxylation is 2. The SMILES string of the molecule is Cc1cc(CN2CCN(C3CCCC3)[C@@H](CCO)C2)cc(C)c1O. The Kier molecular flexibility index (Phi) is 5.80. The molecule has 24 heavy (non-hydrogen) atoms. The Morgan fingerprint density at radius 2 is 1.75 bits per heavy atom. The topological polar surface area (TPSA) is 46.9 Å². The summed E-state index contributed by atoms with van der Waals surface area (Å²) in [5.41, 5.74) is 3.20. The van der Waals surface area contributed by atoms with Crippen LogP contribution >= 0.6 is 0 Å². The van der Waals surface area contributed by atoms with E-state index in [0.717, 1.165) is 49.8 Å². The lowest BCUT2D eigenvalue weighted by Crippen LogP contribution is -2.56. The van der Waals surface area contributed by atoms with E-state index in [9.17, 15) is 10.2 Å². The third-order valence-electron chi connectivity index (χ3n) is 5.83. The van der Waals surface area contributed by atoms with Crippen molar-refractivity contribution in [3.63, 3.8) is 0 Å². The highest BCUT2D eigenvalue weighted by molar-refractivity contribution is 5.42. The molecular formula is C20H32N2O2. The van der Waals surface area contributed by atoms with Crippen LogP contribution in [0.1, 0.15) is 48.8 Å². The number of benzene rings is 1. The van der Waals surface area contributed by atoms with Crippen LogP contribution in [-0.2, 0) is 6.54 Å². The van der Waals surface area contributed by atoms with Crippen molar-refractivity contribution >= 4 is 0 Å². The summed E-state index contributed by atoms with van der Waals surface area (Å²) in [5.74, 6) is 0.419. The van der Waals surface area contributed by atoms with E-state index >= 15 is 0 Å². The zero-order chi connectivity index (χ0) is 17.1. The van der Waals surface area contributed by atoms with Crippen molar-refractivity contribution in [1.82, 2.24) is 9.80 Å². The summed E-state index contributed by atoms with van der Waals surface area (Å²) in [7, 11) is 0. The molecule has 1 aliphatic heterocycles. The van der Waals surface area contributed by atoms with Gasteiger partial charge in [0.15, 0.2) is 0 Å². The molecule has 1 heterocycles. The van der Waals surface area contributed by atoms with E-state index in [4.69, 9.17) is 0 Å². The largest absolute Gasteiger partial charge is 0.507 e. The summed E-state index contributed by atoms with van der Waals surface area (Å²) < 4.78 is 0. The maximum Gasteiger partial charge on any atom is 0.121 e. The first-order valence-corrected chi connectivity index (χ1v) is 9.46. The first kappa shape index (κ1) is 17.7. The molecule has 0 amide bonds. The summed E-state index contributed by atoms with van der Waals surface area (Å²) in [6.45, 7) is 8.40. The van der Waals surface area contributed by atoms with Crippen LogP contribution in [0.4, 0.5) is 0 Å². The molecule has 1 saturated heterocycles. The molecule has 1 saturated carbocycles. The van der Waals surface area contributed by atoms with E-state index in [1.165, 1.54) is 31.2 Å². The molecule has 3 rings (SSSR count). The third-order valence-corrected chi connectivity index (χ3v) is 5.83. The second-order valence-electron chi connectivity index (χ2n) is 7.66. The normalized spacial score (nSPS) is 23.9. The molecule has 134 valence electrons. The van der Waals surface area contributed by atoms with Gasteiger partial charge < -0.3 is 10.2 Å². The standard InChI is InChI=1S/C20H32N2O2/c1-15-11-17(12-16(2)20(15)24)13-21-8-9-22(18-5-3-4-6-18)19(14-21)7-10-23/h11-12,18-19,23-24H,3-10,13-14H2,1-2H3/t19-/m0/s1. The number of phenolic OH excluding ortho intramolecular Hbond substituents is 1. The van der Waals surface area contributed by atoms with Crippen LogP contribution in [0.3, 0.4) is 0 Å². The molecule has 1 aromatic rings.